The number of carbonyl (C=O) groups excluding carboxylic acids is 1. The third-order valence-corrected chi connectivity index (χ3v) is 2.65. The van der Waals surface area contributed by atoms with E-state index < -0.39 is 35.1 Å². The second-order valence-electron chi connectivity index (χ2n) is 4.18. The van der Waals surface area contributed by atoms with E-state index >= 15 is 0 Å². The van der Waals surface area contributed by atoms with Gasteiger partial charge < -0.3 is 9.84 Å². The molecular weight excluding hydrogens is 294 g/mol. The van der Waals surface area contributed by atoms with Crippen LogP contribution in [0.15, 0.2) is 29.1 Å². The van der Waals surface area contributed by atoms with Crippen molar-refractivity contribution < 1.29 is 26.9 Å². The van der Waals surface area contributed by atoms with Gasteiger partial charge in [-0.05, 0) is 25.1 Å². The van der Waals surface area contributed by atoms with E-state index in [4.69, 9.17) is 0 Å². The van der Waals surface area contributed by atoms with E-state index in [-0.39, 0.29) is 5.82 Å². The molecule has 5 nitrogen and oxygen atoms in total. The first kappa shape index (κ1) is 14.9. The van der Waals surface area contributed by atoms with Gasteiger partial charge in [0.15, 0.2) is 5.82 Å². The minimum absolute atomic E-state index is 0.121. The van der Waals surface area contributed by atoms with Gasteiger partial charge in [0.1, 0.15) is 5.82 Å². The van der Waals surface area contributed by atoms with Crippen LogP contribution in [0.25, 0.3) is 0 Å². The van der Waals surface area contributed by atoms with Crippen molar-refractivity contribution in [2.24, 2.45) is 0 Å². The highest BCUT2D eigenvalue weighted by Gasteiger charge is 2.32. The molecule has 2 aromatic rings. The highest BCUT2D eigenvalue weighted by molar-refractivity contribution is 5.94. The number of aromatic nitrogens is 2. The maximum atomic E-state index is 13.5. The largest absolute Gasteiger partial charge is 0.416 e. The second-order valence-corrected chi connectivity index (χ2v) is 4.18. The Hall–Kier alpha value is -2.45. The standard InChI is InChI=1S/C12H9F4N3O2/c1-6(10-17-5-21-19-10)18-11(20)8-4-7(12(14,15)16)2-3-9(8)13/h2-6H,1H3,(H,18,20)/t6-/m1/s1. The number of nitrogens with zero attached hydrogens (tertiary/aromatic N) is 2. The summed E-state index contributed by atoms with van der Waals surface area (Å²) in [5.41, 5.74) is -1.82. The number of hydrogen-bond donors (Lipinski definition) is 1. The van der Waals surface area contributed by atoms with E-state index in [1.807, 2.05) is 0 Å². The molecule has 1 N–H and O–H groups in total. The van der Waals surface area contributed by atoms with Gasteiger partial charge in [-0.2, -0.15) is 18.2 Å². The van der Waals surface area contributed by atoms with Crippen LogP contribution in [0, 0.1) is 5.82 Å². The highest BCUT2D eigenvalue weighted by Crippen LogP contribution is 2.30. The second kappa shape index (κ2) is 5.51. The van der Waals surface area contributed by atoms with Crippen LogP contribution in [0.2, 0.25) is 0 Å². The number of carbonyl (C=O) groups is 1. The Labute approximate surface area is 116 Å². The van der Waals surface area contributed by atoms with Gasteiger partial charge in [0.2, 0.25) is 6.39 Å². The molecule has 0 aliphatic carbocycles. The summed E-state index contributed by atoms with van der Waals surface area (Å²) >= 11 is 0. The molecule has 0 radical (unpaired) electrons. The number of halogens is 4. The molecule has 1 aromatic carbocycles. The number of alkyl halides is 3. The molecule has 1 aromatic heterocycles. The molecular formula is C12H9F4N3O2. The van der Waals surface area contributed by atoms with E-state index in [2.05, 4.69) is 20.0 Å². The first-order valence-corrected chi connectivity index (χ1v) is 5.73. The summed E-state index contributed by atoms with van der Waals surface area (Å²) in [7, 11) is 0. The Balaban J connectivity index is 2.23. The van der Waals surface area contributed by atoms with Gasteiger partial charge in [0.05, 0.1) is 17.2 Å². The monoisotopic (exact) mass is 303 g/mol. The molecule has 0 saturated heterocycles. The van der Waals surface area contributed by atoms with Crippen molar-refractivity contribution in [2.75, 3.05) is 0 Å². The average molecular weight is 303 g/mol. The summed E-state index contributed by atoms with van der Waals surface area (Å²) in [4.78, 5) is 15.5. The van der Waals surface area contributed by atoms with Crippen LogP contribution < -0.4 is 5.32 Å². The van der Waals surface area contributed by atoms with Crippen LogP contribution in [0.1, 0.15) is 34.7 Å². The Bertz CT molecular complexity index is 640. The van der Waals surface area contributed by atoms with Crippen LogP contribution in [0.3, 0.4) is 0 Å². The summed E-state index contributed by atoms with van der Waals surface area (Å²) in [6, 6.07) is 0.865. The number of nitrogens with one attached hydrogen (secondary N) is 1. The summed E-state index contributed by atoms with van der Waals surface area (Å²) in [6.45, 7) is 1.48. The number of benzene rings is 1. The maximum absolute atomic E-state index is 13.5. The lowest BCUT2D eigenvalue weighted by atomic mass is 10.1. The lowest BCUT2D eigenvalue weighted by Crippen LogP contribution is -2.28. The molecule has 0 spiro atoms. The molecule has 0 fully saturated rings. The fraction of sp³-hybridized carbons (Fsp3) is 0.250. The van der Waals surface area contributed by atoms with Crippen molar-refractivity contribution >= 4 is 5.91 Å². The average Bonchev–Trinajstić information content (AvgIpc) is 2.91. The first-order valence-electron chi connectivity index (χ1n) is 5.73. The van der Waals surface area contributed by atoms with Crippen molar-refractivity contribution in [1.82, 2.24) is 15.5 Å². The number of hydrogen-bond acceptors (Lipinski definition) is 4. The minimum atomic E-state index is -4.66. The van der Waals surface area contributed by atoms with Gasteiger partial charge in [-0.15, -0.1) is 0 Å². The molecule has 9 heteroatoms. The predicted octanol–water partition coefficient (Wildman–Crippen LogP) is 2.72. The van der Waals surface area contributed by atoms with Crippen LogP contribution in [-0.4, -0.2) is 16.0 Å². The van der Waals surface area contributed by atoms with Crippen molar-refractivity contribution in [1.29, 1.82) is 0 Å². The summed E-state index contributed by atoms with van der Waals surface area (Å²) < 4.78 is 55.7. The molecule has 1 atom stereocenters. The van der Waals surface area contributed by atoms with Crippen LogP contribution in [0.4, 0.5) is 17.6 Å². The van der Waals surface area contributed by atoms with Gasteiger partial charge in [-0.25, -0.2) is 4.39 Å². The molecule has 0 aliphatic rings. The molecule has 0 aliphatic heterocycles. The number of rotatable bonds is 3. The lowest BCUT2D eigenvalue weighted by molar-refractivity contribution is -0.137. The Morgan fingerprint density at radius 3 is 2.67 bits per heavy atom. The normalized spacial score (nSPS) is 13.0. The van der Waals surface area contributed by atoms with Gasteiger partial charge in [0, 0.05) is 0 Å². The zero-order valence-corrected chi connectivity index (χ0v) is 10.6. The van der Waals surface area contributed by atoms with Gasteiger partial charge in [0.25, 0.3) is 5.91 Å². The fourth-order valence-electron chi connectivity index (χ4n) is 1.58. The van der Waals surface area contributed by atoms with Crippen LogP contribution >= 0.6 is 0 Å². The van der Waals surface area contributed by atoms with Crippen molar-refractivity contribution in [2.45, 2.75) is 19.1 Å². The Morgan fingerprint density at radius 1 is 1.38 bits per heavy atom. The zero-order valence-electron chi connectivity index (χ0n) is 10.6. The van der Waals surface area contributed by atoms with Gasteiger partial charge in [-0.3, -0.25) is 4.79 Å². The third-order valence-electron chi connectivity index (χ3n) is 2.65. The predicted molar refractivity (Wildman–Crippen MR) is 61.6 cm³/mol. The van der Waals surface area contributed by atoms with Gasteiger partial charge >= 0.3 is 6.18 Å². The Morgan fingerprint density at radius 2 is 2.10 bits per heavy atom. The third kappa shape index (κ3) is 3.36. The SMILES string of the molecule is C[C@@H](NC(=O)c1cc(C(F)(F)F)ccc1F)c1ncon1. The van der Waals surface area contributed by atoms with E-state index in [0.29, 0.717) is 18.2 Å². The smallest absolute Gasteiger partial charge is 0.343 e. The topological polar surface area (TPSA) is 68.0 Å². The first-order chi connectivity index (χ1) is 9.79. The molecule has 21 heavy (non-hydrogen) atoms. The Kier molecular flexibility index (Phi) is 3.92. The summed E-state index contributed by atoms with van der Waals surface area (Å²) in [6.07, 6.45) is -3.63. The molecule has 0 unspecified atom stereocenters. The molecule has 0 bridgehead atoms. The quantitative estimate of drug-likeness (QED) is 0.885. The van der Waals surface area contributed by atoms with Crippen LogP contribution in [0.5, 0.6) is 0 Å². The van der Waals surface area contributed by atoms with Crippen molar-refractivity contribution in [3.05, 3.63) is 47.4 Å². The molecule has 1 heterocycles. The number of amides is 1. The summed E-state index contributed by atoms with van der Waals surface area (Å²) in [5, 5.41) is 5.75. The molecule has 112 valence electrons. The van der Waals surface area contributed by atoms with Crippen LogP contribution in [-0.2, 0) is 6.18 Å². The molecule has 0 saturated carbocycles. The van der Waals surface area contributed by atoms with E-state index in [1.165, 1.54) is 6.92 Å². The molecule has 2 rings (SSSR count). The zero-order chi connectivity index (χ0) is 15.6. The fourth-order valence-corrected chi connectivity index (χ4v) is 1.58. The maximum Gasteiger partial charge on any atom is 0.416 e. The summed E-state index contributed by atoms with van der Waals surface area (Å²) in [5.74, 6) is -1.94. The van der Waals surface area contributed by atoms with E-state index in [0.717, 1.165) is 6.39 Å². The van der Waals surface area contributed by atoms with Crippen molar-refractivity contribution in [3.8, 4) is 0 Å². The van der Waals surface area contributed by atoms with E-state index in [9.17, 15) is 22.4 Å². The van der Waals surface area contributed by atoms with Crippen molar-refractivity contribution in [3.63, 3.8) is 0 Å². The highest BCUT2D eigenvalue weighted by atomic mass is 19.4. The molecule has 1 amide bonds. The van der Waals surface area contributed by atoms with Gasteiger partial charge in [-0.1, -0.05) is 5.16 Å². The minimum Gasteiger partial charge on any atom is -0.343 e. The van der Waals surface area contributed by atoms with E-state index in [1.54, 1.807) is 0 Å². The lowest BCUT2D eigenvalue weighted by Gasteiger charge is -2.12.